The second-order valence-electron chi connectivity index (χ2n) is 5.35. The first-order chi connectivity index (χ1) is 11.7. The van der Waals surface area contributed by atoms with Gasteiger partial charge in [0.15, 0.2) is 0 Å². The molecule has 2 aromatic carbocycles. The van der Waals surface area contributed by atoms with E-state index in [1.54, 1.807) is 6.21 Å². The molecule has 1 amide bonds. The highest BCUT2D eigenvalue weighted by atomic mass is 35.5. The molecule has 0 aliphatic carbocycles. The van der Waals surface area contributed by atoms with E-state index < -0.39 is 0 Å². The van der Waals surface area contributed by atoms with Gasteiger partial charge in [-0.25, -0.2) is 5.43 Å². The molecule has 0 unspecified atom stereocenters. The zero-order valence-corrected chi connectivity index (χ0v) is 14.4. The zero-order chi connectivity index (χ0) is 17.2. The molecule has 0 saturated heterocycles. The monoisotopic (exact) mass is 344 g/mol. The molecule has 0 fully saturated rings. The summed E-state index contributed by atoms with van der Waals surface area (Å²) in [4.78, 5) is 11.4. The number of carbonyl (C=O) groups excluding carboxylic acids is 1. The zero-order valence-electron chi connectivity index (χ0n) is 13.7. The molecule has 5 heteroatoms. The van der Waals surface area contributed by atoms with Crippen LogP contribution in [0.3, 0.4) is 0 Å². The van der Waals surface area contributed by atoms with Gasteiger partial charge in [-0.3, -0.25) is 4.79 Å². The van der Waals surface area contributed by atoms with Crippen molar-refractivity contribution in [3.05, 3.63) is 64.7 Å². The lowest BCUT2D eigenvalue weighted by molar-refractivity contribution is -0.121. The molecule has 126 valence electrons. The molecule has 1 N–H and O–H groups in total. The van der Waals surface area contributed by atoms with Gasteiger partial charge in [0.05, 0.1) is 6.21 Å². The standard InChI is InChI=1S/C19H21ClN2O2/c1-2-3-8-19(23)22-21-13-15-9-11-17(12-10-15)24-14-16-6-4-5-7-18(16)20/h4-7,9-13H,2-3,8,14H2,1H3,(H,22,23). The van der Waals surface area contributed by atoms with E-state index in [1.165, 1.54) is 0 Å². The summed E-state index contributed by atoms with van der Waals surface area (Å²) in [6.07, 6.45) is 3.98. The van der Waals surface area contributed by atoms with Crippen molar-refractivity contribution in [2.45, 2.75) is 32.8 Å². The Bertz CT molecular complexity index is 684. The smallest absolute Gasteiger partial charge is 0.240 e. The van der Waals surface area contributed by atoms with Crippen molar-refractivity contribution in [3.8, 4) is 5.75 Å². The van der Waals surface area contributed by atoms with E-state index in [4.69, 9.17) is 16.3 Å². The lowest BCUT2D eigenvalue weighted by Crippen LogP contribution is -2.16. The maximum Gasteiger partial charge on any atom is 0.240 e. The second-order valence-corrected chi connectivity index (χ2v) is 5.75. The van der Waals surface area contributed by atoms with E-state index >= 15 is 0 Å². The third-order valence-corrected chi connectivity index (χ3v) is 3.76. The van der Waals surface area contributed by atoms with Crippen LogP contribution in [-0.2, 0) is 11.4 Å². The maximum atomic E-state index is 11.4. The van der Waals surface area contributed by atoms with Crippen molar-refractivity contribution < 1.29 is 9.53 Å². The van der Waals surface area contributed by atoms with E-state index in [0.717, 1.165) is 29.7 Å². The van der Waals surface area contributed by atoms with E-state index in [1.807, 2.05) is 55.5 Å². The molecule has 0 aliphatic rings. The van der Waals surface area contributed by atoms with Gasteiger partial charge in [-0.1, -0.05) is 43.1 Å². The number of hydrogen-bond donors (Lipinski definition) is 1. The summed E-state index contributed by atoms with van der Waals surface area (Å²) in [5, 5.41) is 4.64. The number of hydrogen-bond acceptors (Lipinski definition) is 3. The van der Waals surface area contributed by atoms with Gasteiger partial charge in [0.2, 0.25) is 5.91 Å². The number of rotatable bonds is 8. The topological polar surface area (TPSA) is 50.7 Å². The van der Waals surface area contributed by atoms with Gasteiger partial charge in [0.25, 0.3) is 0 Å². The van der Waals surface area contributed by atoms with Gasteiger partial charge in [-0.2, -0.15) is 5.10 Å². The minimum atomic E-state index is -0.0622. The minimum absolute atomic E-state index is 0.0622. The van der Waals surface area contributed by atoms with Crippen molar-refractivity contribution in [2.24, 2.45) is 5.10 Å². The summed E-state index contributed by atoms with van der Waals surface area (Å²) in [5.74, 6) is 0.687. The average Bonchev–Trinajstić information content (AvgIpc) is 2.60. The largest absolute Gasteiger partial charge is 0.489 e. The molecule has 2 rings (SSSR count). The molecular formula is C19H21ClN2O2. The van der Waals surface area contributed by atoms with E-state index in [9.17, 15) is 4.79 Å². The van der Waals surface area contributed by atoms with Crippen molar-refractivity contribution in [1.29, 1.82) is 0 Å². The first-order valence-electron chi connectivity index (χ1n) is 7.97. The number of nitrogens with zero attached hydrogens (tertiary/aromatic N) is 1. The van der Waals surface area contributed by atoms with Gasteiger partial charge in [-0.15, -0.1) is 0 Å². The van der Waals surface area contributed by atoms with Crippen LogP contribution in [0.5, 0.6) is 5.75 Å². The molecule has 0 atom stereocenters. The number of amides is 1. The van der Waals surface area contributed by atoms with Crippen LogP contribution in [0.1, 0.15) is 37.3 Å². The van der Waals surface area contributed by atoms with Gasteiger partial charge < -0.3 is 4.74 Å². The number of nitrogens with one attached hydrogen (secondary N) is 1. The fourth-order valence-electron chi connectivity index (χ4n) is 2.00. The third kappa shape index (κ3) is 6.05. The lowest BCUT2D eigenvalue weighted by atomic mass is 10.2. The van der Waals surface area contributed by atoms with Crippen LogP contribution in [-0.4, -0.2) is 12.1 Å². The molecule has 0 bridgehead atoms. The first kappa shape index (κ1) is 18.0. The summed E-state index contributed by atoms with van der Waals surface area (Å²) in [6, 6.07) is 15.1. The average molecular weight is 345 g/mol. The van der Waals surface area contributed by atoms with Gasteiger partial charge in [-0.05, 0) is 42.3 Å². The van der Waals surface area contributed by atoms with Crippen LogP contribution in [0.25, 0.3) is 0 Å². The molecule has 0 aromatic heterocycles. The Hall–Kier alpha value is -2.33. The molecule has 0 saturated carbocycles. The number of carbonyl (C=O) groups is 1. The molecule has 0 heterocycles. The molecule has 0 aliphatic heterocycles. The number of ether oxygens (including phenoxy) is 1. The molecule has 2 aromatic rings. The summed E-state index contributed by atoms with van der Waals surface area (Å²) in [6.45, 7) is 2.46. The quantitative estimate of drug-likeness (QED) is 0.563. The van der Waals surface area contributed by atoms with Crippen LogP contribution in [0.15, 0.2) is 53.6 Å². The molecule has 0 radical (unpaired) electrons. The Morgan fingerprint density at radius 3 is 2.67 bits per heavy atom. The van der Waals surface area contributed by atoms with Crippen molar-refractivity contribution in [2.75, 3.05) is 0 Å². The van der Waals surface area contributed by atoms with Crippen LogP contribution in [0, 0.1) is 0 Å². The van der Waals surface area contributed by atoms with Crippen LogP contribution >= 0.6 is 11.6 Å². The minimum Gasteiger partial charge on any atom is -0.489 e. The summed E-state index contributed by atoms with van der Waals surface area (Å²) < 4.78 is 5.72. The number of benzene rings is 2. The Balaban J connectivity index is 1.82. The second kappa shape index (κ2) is 9.73. The fraction of sp³-hybridized carbons (Fsp3) is 0.263. The summed E-state index contributed by atoms with van der Waals surface area (Å²) in [5.41, 5.74) is 4.35. The van der Waals surface area contributed by atoms with Crippen LogP contribution in [0.4, 0.5) is 0 Å². The van der Waals surface area contributed by atoms with Crippen molar-refractivity contribution in [3.63, 3.8) is 0 Å². The lowest BCUT2D eigenvalue weighted by Gasteiger charge is -2.07. The summed E-state index contributed by atoms with van der Waals surface area (Å²) >= 11 is 6.10. The van der Waals surface area contributed by atoms with Crippen LogP contribution < -0.4 is 10.2 Å². The number of hydrazone groups is 1. The molecule has 0 spiro atoms. The van der Waals surface area contributed by atoms with Crippen LogP contribution in [0.2, 0.25) is 5.02 Å². The Morgan fingerprint density at radius 2 is 1.96 bits per heavy atom. The molecule has 24 heavy (non-hydrogen) atoms. The van der Waals surface area contributed by atoms with Crippen molar-refractivity contribution in [1.82, 2.24) is 5.43 Å². The fourth-order valence-corrected chi connectivity index (χ4v) is 2.19. The highest BCUT2D eigenvalue weighted by Gasteiger charge is 2.01. The Labute approximate surface area is 147 Å². The van der Waals surface area contributed by atoms with Crippen molar-refractivity contribution >= 4 is 23.7 Å². The predicted octanol–water partition coefficient (Wildman–Crippen LogP) is 4.56. The Morgan fingerprint density at radius 1 is 1.21 bits per heavy atom. The molecule has 4 nitrogen and oxygen atoms in total. The van der Waals surface area contributed by atoms with E-state index in [0.29, 0.717) is 18.1 Å². The Kier molecular flexibility index (Phi) is 7.30. The number of halogens is 1. The highest BCUT2D eigenvalue weighted by molar-refractivity contribution is 6.31. The highest BCUT2D eigenvalue weighted by Crippen LogP contribution is 2.18. The third-order valence-electron chi connectivity index (χ3n) is 3.39. The maximum absolute atomic E-state index is 11.4. The normalized spacial score (nSPS) is 10.8. The first-order valence-corrected chi connectivity index (χ1v) is 8.35. The van der Waals surface area contributed by atoms with E-state index in [-0.39, 0.29) is 5.91 Å². The van der Waals surface area contributed by atoms with Gasteiger partial charge in [0.1, 0.15) is 12.4 Å². The van der Waals surface area contributed by atoms with Gasteiger partial charge in [0, 0.05) is 17.0 Å². The van der Waals surface area contributed by atoms with E-state index in [2.05, 4.69) is 10.5 Å². The van der Waals surface area contributed by atoms with Gasteiger partial charge >= 0.3 is 0 Å². The summed E-state index contributed by atoms with van der Waals surface area (Å²) in [7, 11) is 0. The number of unbranched alkanes of at least 4 members (excludes halogenated alkanes) is 1. The predicted molar refractivity (Wildman–Crippen MR) is 97.5 cm³/mol. The molecular weight excluding hydrogens is 324 g/mol. The SMILES string of the molecule is CCCCC(=O)NN=Cc1ccc(OCc2ccccc2Cl)cc1.